The van der Waals surface area contributed by atoms with Gasteiger partial charge in [0.2, 0.25) is 0 Å². The lowest BCUT2D eigenvalue weighted by molar-refractivity contribution is 0.134. The summed E-state index contributed by atoms with van der Waals surface area (Å²) < 4.78 is 19.0. The average molecular weight is 259 g/mol. The van der Waals surface area contributed by atoms with E-state index >= 15 is 0 Å². The zero-order valence-electron chi connectivity index (χ0n) is 11.0. The monoisotopic (exact) mass is 259 g/mol. The Morgan fingerprint density at radius 2 is 1.68 bits per heavy atom. The standard InChI is InChI=1S/C16H18FNO/c1-2-19-12-14-8-4-6-10-16(14)18-11-13-7-3-5-9-15(13)17/h3-10,18H,2,11-12H2,1H3. The molecule has 0 unspecified atom stereocenters. The van der Waals surface area contributed by atoms with Gasteiger partial charge in [0.1, 0.15) is 5.82 Å². The van der Waals surface area contributed by atoms with Gasteiger partial charge in [0, 0.05) is 30.0 Å². The van der Waals surface area contributed by atoms with Crippen LogP contribution in [0.5, 0.6) is 0 Å². The number of nitrogens with one attached hydrogen (secondary N) is 1. The summed E-state index contributed by atoms with van der Waals surface area (Å²) in [4.78, 5) is 0. The molecule has 3 heteroatoms. The number of para-hydroxylation sites is 1. The lowest BCUT2D eigenvalue weighted by atomic mass is 10.1. The molecular weight excluding hydrogens is 241 g/mol. The largest absolute Gasteiger partial charge is 0.381 e. The van der Waals surface area contributed by atoms with Crippen LogP contribution in [0, 0.1) is 5.82 Å². The summed E-state index contributed by atoms with van der Waals surface area (Å²) in [6, 6.07) is 14.7. The first-order chi connectivity index (χ1) is 9.31. The third-order valence-electron chi connectivity index (χ3n) is 2.91. The van der Waals surface area contributed by atoms with Crippen molar-refractivity contribution >= 4 is 5.69 Å². The van der Waals surface area contributed by atoms with Crippen LogP contribution in [-0.4, -0.2) is 6.61 Å². The Hall–Kier alpha value is -1.87. The molecule has 0 bridgehead atoms. The maximum absolute atomic E-state index is 13.5. The highest BCUT2D eigenvalue weighted by Crippen LogP contribution is 2.18. The van der Waals surface area contributed by atoms with Crippen LogP contribution in [0.4, 0.5) is 10.1 Å². The molecule has 2 aromatic rings. The third kappa shape index (κ3) is 3.80. The molecule has 100 valence electrons. The van der Waals surface area contributed by atoms with E-state index in [9.17, 15) is 4.39 Å². The highest BCUT2D eigenvalue weighted by Gasteiger charge is 2.03. The molecule has 0 aromatic heterocycles. The van der Waals surface area contributed by atoms with E-state index in [1.807, 2.05) is 37.3 Å². The molecule has 0 saturated carbocycles. The van der Waals surface area contributed by atoms with Crippen LogP contribution in [0.2, 0.25) is 0 Å². The van der Waals surface area contributed by atoms with Gasteiger partial charge in [0.15, 0.2) is 0 Å². The van der Waals surface area contributed by atoms with Crippen molar-refractivity contribution in [1.29, 1.82) is 0 Å². The Balaban J connectivity index is 2.05. The van der Waals surface area contributed by atoms with Crippen LogP contribution in [0.1, 0.15) is 18.1 Å². The Morgan fingerprint density at radius 1 is 1.00 bits per heavy atom. The highest BCUT2D eigenvalue weighted by molar-refractivity contribution is 5.51. The van der Waals surface area contributed by atoms with E-state index in [1.165, 1.54) is 6.07 Å². The van der Waals surface area contributed by atoms with Gasteiger partial charge in [0.05, 0.1) is 6.61 Å². The number of benzene rings is 2. The average Bonchev–Trinajstić information content (AvgIpc) is 2.45. The molecule has 2 rings (SSSR count). The fraction of sp³-hybridized carbons (Fsp3) is 0.250. The summed E-state index contributed by atoms with van der Waals surface area (Å²) in [6.45, 7) is 3.68. The topological polar surface area (TPSA) is 21.3 Å². The number of rotatable bonds is 6. The van der Waals surface area contributed by atoms with E-state index in [0.29, 0.717) is 25.3 Å². The van der Waals surface area contributed by atoms with Crippen molar-refractivity contribution in [2.75, 3.05) is 11.9 Å². The molecule has 0 spiro atoms. The highest BCUT2D eigenvalue weighted by atomic mass is 19.1. The lowest BCUT2D eigenvalue weighted by Gasteiger charge is -2.12. The van der Waals surface area contributed by atoms with Gasteiger partial charge in [-0.15, -0.1) is 0 Å². The second-order valence-electron chi connectivity index (χ2n) is 4.24. The molecule has 0 amide bonds. The summed E-state index contributed by atoms with van der Waals surface area (Å²) in [6.07, 6.45) is 0. The van der Waals surface area contributed by atoms with Crippen molar-refractivity contribution < 1.29 is 9.13 Å². The molecule has 0 saturated heterocycles. The summed E-state index contributed by atoms with van der Waals surface area (Å²) in [5.41, 5.74) is 2.73. The van der Waals surface area contributed by atoms with Crippen molar-refractivity contribution in [3.05, 3.63) is 65.5 Å². The van der Waals surface area contributed by atoms with Crippen LogP contribution < -0.4 is 5.32 Å². The molecule has 0 radical (unpaired) electrons. The minimum Gasteiger partial charge on any atom is -0.381 e. The van der Waals surface area contributed by atoms with Gasteiger partial charge in [-0.3, -0.25) is 0 Å². The number of anilines is 1. The smallest absolute Gasteiger partial charge is 0.128 e. The predicted molar refractivity (Wildman–Crippen MR) is 75.5 cm³/mol. The fourth-order valence-corrected chi connectivity index (χ4v) is 1.86. The van der Waals surface area contributed by atoms with E-state index in [0.717, 1.165) is 11.3 Å². The molecule has 2 aromatic carbocycles. The maximum Gasteiger partial charge on any atom is 0.128 e. The number of hydrogen-bond donors (Lipinski definition) is 1. The Bertz CT molecular complexity index is 528. The predicted octanol–water partition coefficient (Wildman–Crippen LogP) is 3.97. The van der Waals surface area contributed by atoms with Gasteiger partial charge in [-0.2, -0.15) is 0 Å². The zero-order valence-corrected chi connectivity index (χ0v) is 11.0. The SMILES string of the molecule is CCOCc1ccccc1NCc1ccccc1F. The number of hydrogen-bond acceptors (Lipinski definition) is 2. The molecular formula is C16H18FNO. The third-order valence-corrected chi connectivity index (χ3v) is 2.91. The minimum atomic E-state index is -0.183. The van der Waals surface area contributed by atoms with Crippen LogP contribution in [-0.2, 0) is 17.9 Å². The fourth-order valence-electron chi connectivity index (χ4n) is 1.86. The summed E-state index contributed by atoms with van der Waals surface area (Å²) in [7, 11) is 0. The Kier molecular flexibility index (Phi) is 4.93. The molecule has 0 heterocycles. The van der Waals surface area contributed by atoms with E-state index in [-0.39, 0.29) is 5.82 Å². The summed E-state index contributed by atoms with van der Waals surface area (Å²) >= 11 is 0. The van der Waals surface area contributed by atoms with Crippen molar-refractivity contribution in [2.45, 2.75) is 20.1 Å². The van der Waals surface area contributed by atoms with E-state index < -0.39 is 0 Å². The summed E-state index contributed by atoms with van der Waals surface area (Å²) in [5, 5.41) is 3.26. The van der Waals surface area contributed by atoms with Crippen LogP contribution in [0.25, 0.3) is 0 Å². The molecule has 0 fully saturated rings. The molecule has 19 heavy (non-hydrogen) atoms. The molecule has 0 aliphatic carbocycles. The van der Waals surface area contributed by atoms with Crippen LogP contribution in [0.15, 0.2) is 48.5 Å². The quantitative estimate of drug-likeness (QED) is 0.847. The van der Waals surface area contributed by atoms with Gasteiger partial charge in [-0.25, -0.2) is 4.39 Å². The Labute approximate surface area is 113 Å². The normalized spacial score (nSPS) is 10.4. The second-order valence-corrected chi connectivity index (χ2v) is 4.24. The van der Waals surface area contributed by atoms with Crippen LogP contribution >= 0.6 is 0 Å². The number of halogens is 1. The lowest BCUT2D eigenvalue weighted by Crippen LogP contribution is -2.05. The number of ether oxygens (including phenoxy) is 1. The molecule has 1 N–H and O–H groups in total. The van der Waals surface area contributed by atoms with Crippen molar-refractivity contribution in [3.8, 4) is 0 Å². The Morgan fingerprint density at radius 3 is 2.42 bits per heavy atom. The first-order valence-corrected chi connectivity index (χ1v) is 6.44. The van der Waals surface area contributed by atoms with Crippen molar-refractivity contribution in [1.82, 2.24) is 0 Å². The first kappa shape index (κ1) is 13.6. The van der Waals surface area contributed by atoms with Crippen molar-refractivity contribution in [2.24, 2.45) is 0 Å². The van der Waals surface area contributed by atoms with Crippen LogP contribution in [0.3, 0.4) is 0 Å². The van der Waals surface area contributed by atoms with E-state index in [1.54, 1.807) is 12.1 Å². The van der Waals surface area contributed by atoms with Gasteiger partial charge >= 0.3 is 0 Å². The first-order valence-electron chi connectivity index (χ1n) is 6.44. The van der Waals surface area contributed by atoms with E-state index in [2.05, 4.69) is 5.32 Å². The molecule has 0 atom stereocenters. The zero-order chi connectivity index (χ0) is 13.5. The molecule has 0 aliphatic rings. The van der Waals surface area contributed by atoms with Crippen molar-refractivity contribution in [3.63, 3.8) is 0 Å². The second kappa shape index (κ2) is 6.90. The minimum absolute atomic E-state index is 0.183. The summed E-state index contributed by atoms with van der Waals surface area (Å²) in [5.74, 6) is -0.183. The molecule has 0 aliphatic heterocycles. The van der Waals surface area contributed by atoms with Gasteiger partial charge in [-0.05, 0) is 19.1 Å². The van der Waals surface area contributed by atoms with Gasteiger partial charge < -0.3 is 10.1 Å². The maximum atomic E-state index is 13.5. The molecule has 2 nitrogen and oxygen atoms in total. The van der Waals surface area contributed by atoms with Gasteiger partial charge in [0.25, 0.3) is 0 Å². The van der Waals surface area contributed by atoms with Gasteiger partial charge in [-0.1, -0.05) is 36.4 Å². The van der Waals surface area contributed by atoms with E-state index in [4.69, 9.17) is 4.74 Å².